The van der Waals surface area contributed by atoms with Crippen LogP contribution in [-0.2, 0) is 10.1 Å². The molecule has 0 saturated carbocycles. The van der Waals surface area contributed by atoms with Crippen molar-refractivity contribution in [2.45, 2.75) is 4.90 Å². The molecule has 0 aliphatic rings. The molecule has 8 heteroatoms. The van der Waals surface area contributed by atoms with Gasteiger partial charge in [-0.15, -0.1) is 0 Å². The fourth-order valence-corrected chi connectivity index (χ4v) is 1.55. The van der Waals surface area contributed by atoms with E-state index in [0.717, 1.165) is 12.1 Å². The first-order chi connectivity index (χ1) is 5.93. The van der Waals surface area contributed by atoms with Gasteiger partial charge in [-0.3, -0.25) is 4.55 Å². The molecule has 0 unspecified atom stereocenters. The molecule has 1 rings (SSSR count). The van der Waals surface area contributed by atoms with Gasteiger partial charge in [-0.05, 0) is 12.1 Å². The first-order valence-corrected chi connectivity index (χ1v) is 4.67. The average molecular weight is 218 g/mol. The molecule has 1 aromatic carbocycles. The van der Waals surface area contributed by atoms with Crippen molar-refractivity contribution in [2.75, 3.05) is 0 Å². The van der Waals surface area contributed by atoms with Crippen LogP contribution in [0.1, 0.15) is 13.2 Å². The van der Waals surface area contributed by atoms with Gasteiger partial charge in [-0.25, -0.2) is 4.79 Å². The zero-order valence-electron chi connectivity index (χ0n) is 10.3. The molecular weight excluding hydrogens is 210 g/mol. The van der Waals surface area contributed by atoms with E-state index in [1.807, 2.05) is 0 Å². The van der Waals surface area contributed by atoms with Crippen LogP contribution in [0.4, 0.5) is 0 Å². The molecule has 0 saturated heterocycles. The monoisotopic (exact) mass is 218 g/mol. The Balaban J connectivity index is -0.000000211. The Morgan fingerprint density at radius 1 is 1.20 bits per heavy atom. The molecule has 0 bridgehead atoms. The van der Waals surface area contributed by atoms with Crippen LogP contribution in [0.25, 0.3) is 0 Å². The van der Waals surface area contributed by atoms with E-state index in [2.05, 4.69) is 0 Å². The first kappa shape index (κ1) is 17.2. The molecule has 0 aliphatic carbocycles. The molecule has 74 valence electrons. The maximum absolute atomic E-state index is 10.7. The zero-order chi connectivity index (χ0) is 10.1. The van der Waals surface area contributed by atoms with Crippen LogP contribution >= 0.6 is 0 Å². The standard InChI is InChI=1S/C7H6O5S.2Li.2H/c8-7(9)5-3-1-2-4-6(5)13(10,11)12;;;;/h1-4H,(H,8,9)(H,10,11,12);;;;/q;2*+1;2*-1. The molecule has 1 aromatic rings. The normalized spacial score (nSPS) is 9.67. The number of carbonyl (C=O) groups is 1. The van der Waals surface area contributed by atoms with Crippen LogP contribution < -0.4 is 37.7 Å². The van der Waals surface area contributed by atoms with E-state index in [1.165, 1.54) is 12.1 Å². The second kappa shape index (κ2) is 6.39. The third-order valence-electron chi connectivity index (χ3n) is 1.40. The molecule has 0 heterocycles. The SMILES string of the molecule is O=C(O)c1ccccc1S(=O)(=O)O.[H-].[H-].[Li+].[Li+]. The van der Waals surface area contributed by atoms with Gasteiger partial charge in [-0.2, -0.15) is 8.42 Å². The Morgan fingerprint density at radius 2 is 1.67 bits per heavy atom. The Kier molecular flexibility index (Phi) is 7.33. The first-order valence-electron chi connectivity index (χ1n) is 3.23. The van der Waals surface area contributed by atoms with Gasteiger partial charge in [0.05, 0.1) is 5.56 Å². The molecule has 0 spiro atoms. The van der Waals surface area contributed by atoms with Crippen molar-refractivity contribution in [1.29, 1.82) is 0 Å². The molecule has 5 nitrogen and oxygen atoms in total. The molecule has 2 N–H and O–H groups in total. The number of hydrogen-bond donors (Lipinski definition) is 2. The molecule has 0 fully saturated rings. The second-order valence-electron chi connectivity index (χ2n) is 2.28. The summed E-state index contributed by atoms with van der Waals surface area (Å²) >= 11 is 0. The largest absolute Gasteiger partial charge is 1.00 e. The number of carboxylic acids is 1. The summed E-state index contributed by atoms with van der Waals surface area (Å²) in [6.45, 7) is 0. The topological polar surface area (TPSA) is 91.7 Å². The fraction of sp³-hybridized carbons (Fsp3) is 0. The smallest absolute Gasteiger partial charge is 1.00 e. The summed E-state index contributed by atoms with van der Waals surface area (Å²) in [5.41, 5.74) is -0.440. The van der Waals surface area contributed by atoms with Crippen molar-refractivity contribution in [3.05, 3.63) is 29.8 Å². The number of aromatic carboxylic acids is 1. The van der Waals surface area contributed by atoms with E-state index in [0.29, 0.717) is 0 Å². The predicted molar refractivity (Wildman–Crippen MR) is 45.4 cm³/mol. The third kappa shape index (κ3) is 4.44. The van der Waals surface area contributed by atoms with Crippen LogP contribution in [0.15, 0.2) is 29.2 Å². The van der Waals surface area contributed by atoms with Gasteiger partial charge in [-0.1, -0.05) is 12.1 Å². The summed E-state index contributed by atoms with van der Waals surface area (Å²) in [7, 11) is -4.46. The summed E-state index contributed by atoms with van der Waals surface area (Å²) < 4.78 is 29.9. The summed E-state index contributed by atoms with van der Waals surface area (Å²) in [6, 6.07) is 4.83. The number of benzene rings is 1. The third-order valence-corrected chi connectivity index (χ3v) is 2.31. The Labute approximate surface area is 114 Å². The summed E-state index contributed by atoms with van der Waals surface area (Å²) in [5.74, 6) is -1.40. The van der Waals surface area contributed by atoms with E-state index in [4.69, 9.17) is 9.66 Å². The molecule has 0 aliphatic heterocycles. The molecule has 0 atom stereocenters. The van der Waals surface area contributed by atoms with Crippen molar-refractivity contribution >= 4 is 16.1 Å². The maximum atomic E-state index is 10.7. The number of rotatable bonds is 2. The molecule has 0 aromatic heterocycles. The van der Waals surface area contributed by atoms with Gasteiger partial charge in [0.2, 0.25) is 0 Å². The van der Waals surface area contributed by atoms with Gasteiger partial charge in [0.15, 0.2) is 0 Å². The van der Waals surface area contributed by atoms with Crippen molar-refractivity contribution in [3.8, 4) is 0 Å². The van der Waals surface area contributed by atoms with Gasteiger partial charge < -0.3 is 7.96 Å². The molecule has 0 radical (unpaired) electrons. The van der Waals surface area contributed by atoms with E-state index in [9.17, 15) is 13.2 Å². The second-order valence-corrected chi connectivity index (χ2v) is 3.67. The minimum absolute atomic E-state index is 0. The van der Waals surface area contributed by atoms with E-state index in [-0.39, 0.29) is 40.6 Å². The molecule has 15 heavy (non-hydrogen) atoms. The van der Waals surface area contributed by atoms with Crippen LogP contribution in [0.2, 0.25) is 0 Å². The van der Waals surface area contributed by atoms with Gasteiger partial charge in [0.1, 0.15) is 4.90 Å². The van der Waals surface area contributed by atoms with Crippen LogP contribution in [-0.4, -0.2) is 24.0 Å². The van der Waals surface area contributed by atoms with Crippen molar-refractivity contribution in [3.63, 3.8) is 0 Å². The molecule has 0 amide bonds. The Bertz CT molecular complexity index is 451. The fourth-order valence-electron chi connectivity index (χ4n) is 0.868. The minimum atomic E-state index is -4.46. The Morgan fingerprint density at radius 3 is 2.00 bits per heavy atom. The quantitative estimate of drug-likeness (QED) is 0.382. The summed E-state index contributed by atoms with van der Waals surface area (Å²) in [6.07, 6.45) is 0. The van der Waals surface area contributed by atoms with E-state index in [1.54, 1.807) is 0 Å². The van der Waals surface area contributed by atoms with Crippen molar-refractivity contribution in [2.24, 2.45) is 0 Å². The van der Waals surface area contributed by atoms with E-state index < -0.39 is 26.5 Å². The van der Waals surface area contributed by atoms with E-state index >= 15 is 0 Å². The number of hydrogen-bond acceptors (Lipinski definition) is 3. The molecular formula is C7H8Li2O5S. The maximum Gasteiger partial charge on any atom is 1.00 e. The minimum Gasteiger partial charge on any atom is -1.00 e. The average Bonchev–Trinajstić information content (AvgIpc) is 2.03. The van der Waals surface area contributed by atoms with Gasteiger partial charge in [0.25, 0.3) is 10.1 Å². The summed E-state index contributed by atoms with van der Waals surface area (Å²) in [4.78, 5) is 9.90. The Hall–Kier alpha value is -0.205. The number of carboxylic acid groups (broad SMARTS) is 1. The van der Waals surface area contributed by atoms with Crippen LogP contribution in [0.5, 0.6) is 0 Å². The van der Waals surface area contributed by atoms with Crippen LogP contribution in [0, 0.1) is 0 Å². The predicted octanol–water partition coefficient (Wildman–Crippen LogP) is -5.14. The van der Waals surface area contributed by atoms with Crippen molar-refractivity contribution < 1.29 is 63.4 Å². The zero-order valence-corrected chi connectivity index (χ0v) is 9.15. The summed E-state index contributed by atoms with van der Waals surface area (Å²) in [5, 5.41) is 8.55. The van der Waals surface area contributed by atoms with Crippen molar-refractivity contribution in [1.82, 2.24) is 0 Å². The van der Waals surface area contributed by atoms with Gasteiger partial charge >= 0.3 is 43.7 Å². The van der Waals surface area contributed by atoms with Crippen LogP contribution in [0.3, 0.4) is 0 Å². The van der Waals surface area contributed by atoms with Gasteiger partial charge in [0, 0.05) is 0 Å².